The Hall–Kier alpha value is -0.940. The molecule has 0 aromatic carbocycles. The molecule has 0 saturated carbocycles. The molecule has 0 radical (unpaired) electrons. The van der Waals surface area contributed by atoms with Gasteiger partial charge in [0.05, 0.1) is 13.2 Å². The van der Waals surface area contributed by atoms with Crippen molar-refractivity contribution in [1.29, 1.82) is 0 Å². The predicted octanol–water partition coefficient (Wildman–Crippen LogP) is 2.13. The van der Waals surface area contributed by atoms with Crippen LogP contribution in [0, 0.1) is 11.8 Å². The fourth-order valence-corrected chi connectivity index (χ4v) is 2.38. The second-order valence-electron chi connectivity index (χ2n) is 5.76. The van der Waals surface area contributed by atoms with E-state index in [1.807, 2.05) is 0 Å². The van der Waals surface area contributed by atoms with Gasteiger partial charge in [0.15, 0.2) is 5.82 Å². The highest BCUT2D eigenvalue weighted by atomic mass is 16.5. The monoisotopic (exact) mass is 267 g/mol. The third kappa shape index (κ3) is 4.58. The maximum Gasteiger partial charge on any atom is 0.226 e. The fraction of sp³-hybridized carbons (Fsp3) is 0.857. The molecule has 5 heteroatoms. The normalized spacial score (nSPS) is 19.7. The minimum Gasteiger partial charge on any atom is -0.381 e. The van der Waals surface area contributed by atoms with Crippen LogP contribution in [0.1, 0.15) is 38.9 Å². The summed E-state index contributed by atoms with van der Waals surface area (Å²) in [6.45, 7) is 11.1. The smallest absolute Gasteiger partial charge is 0.226 e. The van der Waals surface area contributed by atoms with Gasteiger partial charge in [-0.1, -0.05) is 25.9 Å². The van der Waals surface area contributed by atoms with Crippen molar-refractivity contribution in [3.8, 4) is 0 Å². The van der Waals surface area contributed by atoms with Crippen molar-refractivity contribution in [2.45, 2.75) is 40.2 Å². The summed E-state index contributed by atoms with van der Waals surface area (Å²) in [6, 6.07) is 0. The summed E-state index contributed by atoms with van der Waals surface area (Å²) >= 11 is 0. The molecule has 1 aliphatic rings. The number of nitrogens with zero attached hydrogens (tertiary/aromatic N) is 3. The Kier molecular flexibility index (Phi) is 5.34. The van der Waals surface area contributed by atoms with Gasteiger partial charge in [-0.25, -0.2) is 0 Å². The molecule has 1 atom stereocenters. The highest BCUT2D eigenvalue weighted by Crippen LogP contribution is 2.15. The van der Waals surface area contributed by atoms with Crippen LogP contribution in [0.4, 0.5) is 0 Å². The lowest BCUT2D eigenvalue weighted by Crippen LogP contribution is -2.29. The van der Waals surface area contributed by atoms with Crippen molar-refractivity contribution in [2.75, 3.05) is 26.3 Å². The summed E-state index contributed by atoms with van der Waals surface area (Å²) in [5.41, 5.74) is 0. The van der Waals surface area contributed by atoms with Gasteiger partial charge in [-0.3, -0.25) is 4.90 Å². The molecule has 1 aliphatic heterocycles. The summed E-state index contributed by atoms with van der Waals surface area (Å²) in [6.07, 6.45) is 2.02. The number of hydrogen-bond acceptors (Lipinski definition) is 5. The van der Waals surface area contributed by atoms with Gasteiger partial charge in [0.1, 0.15) is 0 Å². The quantitative estimate of drug-likeness (QED) is 0.757. The summed E-state index contributed by atoms with van der Waals surface area (Å²) < 4.78 is 10.7. The Labute approximate surface area is 115 Å². The first-order valence-electron chi connectivity index (χ1n) is 7.29. The zero-order valence-corrected chi connectivity index (χ0v) is 12.3. The average Bonchev–Trinajstić information content (AvgIpc) is 3.00. The van der Waals surface area contributed by atoms with Crippen LogP contribution in [0.2, 0.25) is 0 Å². The Morgan fingerprint density at radius 1 is 1.42 bits per heavy atom. The fourth-order valence-electron chi connectivity index (χ4n) is 2.38. The highest BCUT2D eigenvalue weighted by Gasteiger charge is 2.19. The van der Waals surface area contributed by atoms with Crippen LogP contribution >= 0.6 is 0 Å². The van der Waals surface area contributed by atoms with Crippen molar-refractivity contribution < 1.29 is 9.26 Å². The molecule has 1 saturated heterocycles. The van der Waals surface area contributed by atoms with E-state index in [1.165, 1.54) is 6.42 Å². The Morgan fingerprint density at radius 3 is 2.89 bits per heavy atom. The molecule has 0 amide bonds. The average molecular weight is 267 g/mol. The second-order valence-corrected chi connectivity index (χ2v) is 5.76. The van der Waals surface area contributed by atoms with Gasteiger partial charge in [-0.2, -0.15) is 4.98 Å². The van der Waals surface area contributed by atoms with E-state index in [0.717, 1.165) is 51.0 Å². The lowest BCUT2D eigenvalue weighted by molar-refractivity contribution is 0.165. The van der Waals surface area contributed by atoms with Gasteiger partial charge in [0.2, 0.25) is 5.89 Å². The van der Waals surface area contributed by atoms with E-state index >= 15 is 0 Å². The molecule has 108 valence electrons. The maximum absolute atomic E-state index is 5.42. The zero-order chi connectivity index (χ0) is 13.7. The molecule has 1 aromatic heterocycles. The van der Waals surface area contributed by atoms with Gasteiger partial charge in [-0.05, 0) is 24.8 Å². The van der Waals surface area contributed by atoms with Crippen molar-refractivity contribution in [2.24, 2.45) is 11.8 Å². The summed E-state index contributed by atoms with van der Waals surface area (Å²) in [5.74, 6) is 2.76. The lowest BCUT2D eigenvalue weighted by Gasteiger charge is -2.21. The summed E-state index contributed by atoms with van der Waals surface area (Å²) in [5, 5.41) is 4.07. The van der Waals surface area contributed by atoms with Gasteiger partial charge in [0.25, 0.3) is 0 Å². The van der Waals surface area contributed by atoms with E-state index in [-0.39, 0.29) is 0 Å². The molecule has 0 spiro atoms. The van der Waals surface area contributed by atoms with E-state index < -0.39 is 0 Å². The lowest BCUT2D eigenvalue weighted by atomic mass is 10.1. The molecule has 1 aromatic rings. The predicted molar refractivity (Wildman–Crippen MR) is 72.7 cm³/mol. The molecular weight excluding hydrogens is 242 g/mol. The first kappa shape index (κ1) is 14.5. The number of rotatable bonds is 7. The first-order valence-corrected chi connectivity index (χ1v) is 7.29. The zero-order valence-electron chi connectivity index (χ0n) is 12.3. The van der Waals surface area contributed by atoms with Crippen LogP contribution in [-0.2, 0) is 17.7 Å². The molecule has 0 bridgehead atoms. The van der Waals surface area contributed by atoms with E-state index in [2.05, 4.69) is 35.8 Å². The molecule has 1 unspecified atom stereocenters. The second kappa shape index (κ2) is 7.01. The van der Waals surface area contributed by atoms with Crippen LogP contribution in [0.15, 0.2) is 4.52 Å². The van der Waals surface area contributed by atoms with Crippen LogP contribution < -0.4 is 0 Å². The molecule has 0 aliphatic carbocycles. The Balaban J connectivity index is 1.84. The summed E-state index contributed by atoms with van der Waals surface area (Å²) in [4.78, 5) is 6.83. The van der Waals surface area contributed by atoms with E-state index in [1.54, 1.807) is 0 Å². The highest BCUT2D eigenvalue weighted by molar-refractivity contribution is 4.87. The van der Waals surface area contributed by atoms with E-state index in [9.17, 15) is 0 Å². The molecule has 19 heavy (non-hydrogen) atoms. The van der Waals surface area contributed by atoms with Crippen molar-refractivity contribution >= 4 is 0 Å². The molecule has 0 N–H and O–H groups in total. The van der Waals surface area contributed by atoms with Crippen molar-refractivity contribution in [1.82, 2.24) is 15.0 Å². The molecule has 5 nitrogen and oxygen atoms in total. The van der Waals surface area contributed by atoms with Crippen molar-refractivity contribution in [3.05, 3.63) is 11.7 Å². The Bertz CT molecular complexity index is 373. The number of hydrogen-bond donors (Lipinski definition) is 0. The molecule has 2 rings (SSSR count). The minimum atomic E-state index is 0.547. The number of ether oxygens (including phenoxy) is 1. The maximum atomic E-state index is 5.42. The van der Waals surface area contributed by atoms with Gasteiger partial charge in [-0.15, -0.1) is 0 Å². The number of aromatic nitrogens is 2. The first-order chi connectivity index (χ1) is 9.17. The molecule has 1 fully saturated rings. The van der Waals surface area contributed by atoms with Gasteiger partial charge < -0.3 is 9.26 Å². The largest absolute Gasteiger partial charge is 0.381 e. The summed E-state index contributed by atoms with van der Waals surface area (Å²) in [7, 11) is 0. The Morgan fingerprint density at radius 2 is 2.26 bits per heavy atom. The molecular formula is C14H25N3O2. The minimum absolute atomic E-state index is 0.547. The van der Waals surface area contributed by atoms with Crippen LogP contribution in [0.5, 0.6) is 0 Å². The van der Waals surface area contributed by atoms with Crippen molar-refractivity contribution in [3.63, 3.8) is 0 Å². The van der Waals surface area contributed by atoms with Crippen LogP contribution in [0.3, 0.4) is 0 Å². The van der Waals surface area contributed by atoms with E-state index in [0.29, 0.717) is 11.8 Å². The van der Waals surface area contributed by atoms with Crippen LogP contribution in [0.25, 0.3) is 0 Å². The standard InChI is InChI=1S/C14H25N3O2/c1-4-17(8-12-5-6-18-10-12)9-13-15-14(19-16-13)7-11(2)3/h11-12H,4-10H2,1-3H3. The topological polar surface area (TPSA) is 51.4 Å². The third-order valence-corrected chi connectivity index (χ3v) is 3.45. The van der Waals surface area contributed by atoms with Gasteiger partial charge >= 0.3 is 0 Å². The van der Waals surface area contributed by atoms with Crippen LogP contribution in [-0.4, -0.2) is 41.3 Å². The third-order valence-electron chi connectivity index (χ3n) is 3.45. The molecule has 2 heterocycles. The van der Waals surface area contributed by atoms with E-state index in [4.69, 9.17) is 9.26 Å². The SMILES string of the molecule is CCN(Cc1noc(CC(C)C)n1)CC1CCOC1. The van der Waals surface area contributed by atoms with Gasteiger partial charge in [0, 0.05) is 19.6 Å².